The topological polar surface area (TPSA) is 15.6 Å². The molecule has 0 amide bonds. The van der Waals surface area contributed by atoms with Gasteiger partial charge in [-0.1, -0.05) is 12.8 Å². The van der Waals surface area contributed by atoms with E-state index in [-0.39, 0.29) is 0 Å². The van der Waals surface area contributed by atoms with Crippen LogP contribution in [0.2, 0.25) is 0 Å². The van der Waals surface area contributed by atoms with Crippen molar-refractivity contribution in [3.63, 3.8) is 0 Å². The maximum Gasteiger partial charge on any atom is 0.0349 e. The molecule has 0 radical (unpaired) electrons. The fourth-order valence-corrected chi connectivity index (χ4v) is 1.41. The second kappa shape index (κ2) is 8.36. The van der Waals surface area contributed by atoms with Gasteiger partial charge >= 0.3 is 0 Å². The summed E-state index contributed by atoms with van der Waals surface area (Å²) >= 11 is 5.58. The third-order valence-corrected chi connectivity index (χ3v) is 2.06. The highest BCUT2D eigenvalue weighted by Gasteiger charge is 1.93. The highest BCUT2D eigenvalue weighted by atomic mass is 35.5. The molecule has 0 aromatic rings. The highest BCUT2D eigenvalue weighted by molar-refractivity contribution is 6.17. The molecule has 0 aromatic heterocycles. The molecule has 0 unspecified atom stereocenters. The molecule has 0 aliphatic rings. The summed E-state index contributed by atoms with van der Waals surface area (Å²) in [6.45, 7) is 2.08. The second-order valence-corrected chi connectivity index (χ2v) is 3.91. The third kappa shape index (κ3) is 9.68. The molecule has 13 heavy (non-hydrogen) atoms. The Balaban J connectivity index is 3.31. The predicted octanol–water partition coefficient (Wildman–Crippen LogP) is 3.11. The van der Waals surface area contributed by atoms with Crippen molar-refractivity contribution >= 4 is 17.3 Å². The van der Waals surface area contributed by atoms with Crippen molar-refractivity contribution in [1.29, 1.82) is 0 Å². The van der Waals surface area contributed by atoms with E-state index in [1.54, 1.807) is 0 Å². The summed E-state index contributed by atoms with van der Waals surface area (Å²) in [6.07, 6.45) is 6.01. The summed E-state index contributed by atoms with van der Waals surface area (Å²) in [5.74, 6) is 0.796. The van der Waals surface area contributed by atoms with Crippen LogP contribution < -0.4 is 0 Å². The van der Waals surface area contributed by atoms with Crippen LogP contribution in [0.25, 0.3) is 0 Å². The van der Waals surface area contributed by atoms with Crippen LogP contribution in [-0.4, -0.2) is 30.7 Å². The molecule has 3 heteroatoms. The van der Waals surface area contributed by atoms with E-state index in [1.165, 1.54) is 25.0 Å². The zero-order chi connectivity index (χ0) is 10.1. The van der Waals surface area contributed by atoms with Gasteiger partial charge in [0.15, 0.2) is 0 Å². The van der Waals surface area contributed by atoms with Gasteiger partial charge in [0.2, 0.25) is 0 Å². The van der Waals surface area contributed by atoms with Crippen LogP contribution in [-0.2, 0) is 0 Å². The molecule has 0 fully saturated rings. The van der Waals surface area contributed by atoms with Gasteiger partial charge in [-0.25, -0.2) is 0 Å². The summed E-state index contributed by atoms with van der Waals surface area (Å²) in [7, 11) is 3.91. The summed E-state index contributed by atoms with van der Waals surface area (Å²) in [5, 5.41) is 6.17. The number of hydrogen-bond acceptors (Lipinski definition) is 2. The van der Waals surface area contributed by atoms with Crippen LogP contribution in [0.3, 0.4) is 0 Å². The van der Waals surface area contributed by atoms with Gasteiger partial charge in [-0.05, 0) is 26.2 Å². The van der Waals surface area contributed by atoms with E-state index in [0.29, 0.717) is 0 Å². The van der Waals surface area contributed by atoms with Crippen LogP contribution in [0.4, 0.5) is 0 Å². The standard InChI is InChI=1S/C10H21ClN2/c1-10(12-13(2)3)8-6-4-5-7-9-11/h4-9H2,1-3H3/b12-10+. The highest BCUT2D eigenvalue weighted by Crippen LogP contribution is 2.05. The number of alkyl halides is 1. The van der Waals surface area contributed by atoms with E-state index in [4.69, 9.17) is 11.6 Å². The van der Waals surface area contributed by atoms with Crippen LogP contribution in [0, 0.1) is 0 Å². The lowest BCUT2D eigenvalue weighted by atomic mass is 10.1. The molecule has 78 valence electrons. The van der Waals surface area contributed by atoms with E-state index in [0.717, 1.165) is 18.7 Å². The summed E-state index contributed by atoms with van der Waals surface area (Å²) < 4.78 is 0. The zero-order valence-electron chi connectivity index (χ0n) is 9.02. The van der Waals surface area contributed by atoms with Crippen molar-refractivity contribution in [2.75, 3.05) is 20.0 Å². The molecule has 0 aromatic carbocycles. The molecule has 0 spiro atoms. The van der Waals surface area contributed by atoms with Gasteiger partial charge in [0.05, 0.1) is 0 Å². The minimum atomic E-state index is 0.796. The number of nitrogens with zero attached hydrogens (tertiary/aromatic N) is 2. The molecular weight excluding hydrogens is 184 g/mol. The Morgan fingerprint density at radius 2 is 1.77 bits per heavy atom. The first-order chi connectivity index (χ1) is 6.16. The van der Waals surface area contributed by atoms with Crippen LogP contribution in [0.5, 0.6) is 0 Å². The van der Waals surface area contributed by atoms with Crippen LogP contribution in [0.1, 0.15) is 39.0 Å². The van der Waals surface area contributed by atoms with Gasteiger partial charge in [-0.3, -0.25) is 0 Å². The van der Waals surface area contributed by atoms with E-state index in [1.807, 2.05) is 19.1 Å². The summed E-state index contributed by atoms with van der Waals surface area (Å²) in [5.41, 5.74) is 1.22. The molecule has 0 saturated carbocycles. The van der Waals surface area contributed by atoms with Gasteiger partial charge in [-0.2, -0.15) is 5.10 Å². The lowest BCUT2D eigenvalue weighted by Crippen LogP contribution is -2.06. The first-order valence-electron chi connectivity index (χ1n) is 4.94. The van der Waals surface area contributed by atoms with Crippen molar-refractivity contribution in [3.05, 3.63) is 0 Å². The van der Waals surface area contributed by atoms with Gasteiger partial charge in [-0.15, -0.1) is 11.6 Å². The molecular formula is C10H21ClN2. The first-order valence-corrected chi connectivity index (χ1v) is 5.47. The Morgan fingerprint density at radius 3 is 2.31 bits per heavy atom. The summed E-state index contributed by atoms with van der Waals surface area (Å²) in [6, 6.07) is 0. The number of hydrazone groups is 1. The van der Waals surface area contributed by atoms with Crippen molar-refractivity contribution < 1.29 is 0 Å². The largest absolute Gasteiger partial charge is 0.303 e. The third-order valence-electron chi connectivity index (χ3n) is 1.79. The molecule has 0 rings (SSSR count). The lowest BCUT2D eigenvalue weighted by molar-refractivity contribution is 0.435. The average Bonchev–Trinajstić information content (AvgIpc) is 2.02. The quantitative estimate of drug-likeness (QED) is 0.269. The normalized spacial score (nSPS) is 11.8. The second-order valence-electron chi connectivity index (χ2n) is 3.54. The summed E-state index contributed by atoms with van der Waals surface area (Å²) in [4.78, 5) is 0. The number of unbranched alkanes of at least 4 members (excludes halogenated alkanes) is 3. The maximum absolute atomic E-state index is 5.58. The van der Waals surface area contributed by atoms with Gasteiger partial charge in [0.1, 0.15) is 0 Å². The molecule has 2 nitrogen and oxygen atoms in total. The number of halogens is 1. The van der Waals surface area contributed by atoms with Crippen LogP contribution in [0.15, 0.2) is 5.10 Å². The monoisotopic (exact) mass is 204 g/mol. The predicted molar refractivity (Wildman–Crippen MR) is 60.6 cm³/mol. The Bertz CT molecular complexity index is 144. The van der Waals surface area contributed by atoms with E-state index < -0.39 is 0 Å². The lowest BCUT2D eigenvalue weighted by Gasteiger charge is -2.06. The smallest absolute Gasteiger partial charge is 0.0349 e. The van der Waals surface area contributed by atoms with Crippen molar-refractivity contribution in [2.24, 2.45) is 5.10 Å². The van der Waals surface area contributed by atoms with E-state index in [9.17, 15) is 0 Å². The minimum absolute atomic E-state index is 0.796. The van der Waals surface area contributed by atoms with Crippen molar-refractivity contribution in [2.45, 2.75) is 39.0 Å². The van der Waals surface area contributed by atoms with Crippen molar-refractivity contribution in [3.8, 4) is 0 Å². The fraction of sp³-hybridized carbons (Fsp3) is 0.900. The van der Waals surface area contributed by atoms with Crippen molar-refractivity contribution in [1.82, 2.24) is 5.01 Å². The van der Waals surface area contributed by atoms with Gasteiger partial charge in [0, 0.05) is 25.7 Å². The number of hydrogen-bond donors (Lipinski definition) is 0. The Labute approximate surface area is 87.0 Å². The molecule has 0 aliphatic heterocycles. The Kier molecular flexibility index (Phi) is 8.21. The first kappa shape index (κ1) is 12.8. The molecule has 0 bridgehead atoms. The number of rotatable bonds is 7. The van der Waals surface area contributed by atoms with Crippen LogP contribution >= 0.6 is 11.6 Å². The fourth-order valence-electron chi connectivity index (χ4n) is 1.22. The minimum Gasteiger partial charge on any atom is -0.303 e. The average molecular weight is 205 g/mol. The Hall–Kier alpha value is -0.240. The molecule has 0 atom stereocenters. The maximum atomic E-state index is 5.58. The molecule has 0 aliphatic carbocycles. The zero-order valence-corrected chi connectivity index (χ0v) is 9.77. The Morgan fingerprint density at radius 1 is 1.15 bits per heavy atom. The molecule has 0 saturated heterocycles. The van der Waals surface area contributed by atoms with E-state index >= 15 is 0 Å². The van der Waals surface area contributed by atoms with Gasteiger partial charge < -0.3 is 5.01 Å². The SMILES string of the molecule is C/C(CCCCCCCl)=N\N(C)C. The molecule has 0 N–H and O–H groups in total. The van der Waals surface area contributed by atoms with E-state index in [2.05, 4.69) is 12.0 Å². The molecule has 0 heterocycles. The van der Waals surface area contributed by atoms with Gasteiger partial charge in [0.25, 0.3) is 0 Å².